The number of hydrogen-bond donors (Lipinski definition) is 0. The minimum atomic E-state index is -4.38. The summed E-state index contributed by atoms with van der Waals surface area (Å²) in [6.07, 6.45) is 0. The fraction of sp³-hybridized carbons (Fsp3) is 0. The summed E-state index contributed by atoms with van der Waals surface area (Å²) in [7, 11) is -4.38. The zero-order chi connectivity index (χ0) is 18.4. The molecule has 0 saturated heterocycles. The smallest absolute Gasteiger partial charge is 0.385 e. The molecule has 0 aliphatic heterocycles. The van der Waals surface area contributed by atoms with Gasteiger partial charge in [-0.05, 0) is 16.8 Å². The molecule has 0 saturated carbocycles. The number of diazo groups is 1. The van der Waals surface area contributed by atoms with E-state index in [-0.39, 0.29) is 10.6 Å². The second-order valence-electron chi connectivity index (χ2n) is 4.80. The molecule has 9 heteroatoms. The lowest BCUT2D eigenvalue weighted by Crippen LogP contribution is -1.98. The van der Waals surface area contributed by atoms with E-state index >= 15 is 0 Å². The number of nitrogens with zero attached hydrogens (tertiary/aromatic N) is 3. The number of fused-ring (bicyclic) bond motifs is 1. The molecule has 0 atom stereocenters. The van der Waals surface area contributed by atoms with Crippen LogP contribution in [0.4, 0.5) is 11.4 Å². The van der Waals surface area contributed by atoms with Gasteiger partial charge in [-0.1, -0.05) is 36.4 Å². The van der Waals surface area contributed by atoms with Crippen molar-refractivity contribution in [2.75, 3.05) is 0 Å². The normalized spacial score (nSPS) is 10.4. The van der Waals surface area contributed by atoms with Gasteiger partial charge in [0.25, 0.3) is 5.69 Å². The molecule has 0 aliphatic rings. The summed E-state index contributed by atoms with van der Waals surface area (Å²) >= 11 is 0. The Kier molecular flexibility index (Phi) is 5.38. The van der Waals surface area contributed by atoms with Crippen LogP contribution >= 0.6 is 0 Å². The molecule has 3 aromatic carbocycles. The van der Waals surface area contributed by atoms with Crippen LogP contribution in [0.15, 0.2) is 71.6 Å². The van der Waals surface area contributed by atoms with Gasteiger partial charge in [0.05, 0.1) is 9.82 Å². The Labute approximate surface area is 142 Å². The second-order valence-corrected chi connectivity index (χ2v) is 6.15. The molecule has 0 N–H and O–H groups in total. The Bertz CT molecular complexity index is 1050. The van der Waals surface area contributed by atoms with E-state index in [1.165, 1.54) is 30.3 Å². The van der Waals surface area contributed by atoms with Gasteiger partial charge in [-0.3, -0.25) is 10.1 Å². The van der Waals surface area contributed by atoms with E-state index in [2.05, 4.69) is 4.98 Å². The van der Waals surface area contributed by atoms with E-state index in [0.29, 0.717) is 11.1 Å². The highest BCUT2D eigenvalue weighted by Crippen LogP contribution is 2.22. The van der Waals surface area contributed by atoms with Gasteiger partial charge in [0.2, 0.25) is 5.39 Å². The van der Waals surface area contributed by atoms with Crippen LogP contribution in [0.2, 0.25) is 0 Å². The van der Waals surface area contributed by atoms with Gasteiger partial charge in [-0.2, -0.15) is 0 Å². The first-order chi connectivity index (χ1) is 11.8. The van der Waals surface area contributed by atoms with Crippen molar-refractivity contribution >= 4 is 32.3 Å². The molecular formula is C16H11N3O5S. The number of rotatable bonds is 2. The van der Waals surface area contributed by atoms with Crippen LogP contribution in [-0.2, 0) is 10.1 Å². The van der Waals surface area contributed by atoms with Gasteiger partial charge in [-0.15, -0.1) is 0 Å². The van der Waals surface area contributed by atoms with Crippen molar-refractivity contribution in [2.24, 2.45) is 0 Å². The van der Waals surface area contributed by atoms with Gasteiger partial charge in [0.15, 0.2) is 4.98 Å². The summed E-state index contributed by atoms with van der Waals surface area (Å²) in [4.78, 5) is 12.3. The Hall–Kier alpha value is -3.35. The van der Waals surface area contributed by atoms with E-state index < -0.39 is 15.0 Å². The van der Waals surface area contributed by atoms with Crippen molar-refractivity contribution in [1.82, 2.24) is 0 Å². The Morgan fingerprint density at radius 3 is 2.08 bits per heavy atom. The van der Waals surface area contributed by atoms with E-state index in [4.69, 9.17) is 5.39 Å². The molecule has 0 heterocycles. The summed E-state index contributed by atoms with van der Waals surface area (Å²) in [5.41, 5.74) is 0.285. The molecule has 0 amide bonds. The van der Waals surface area contributed by atoms with E-state index in [1.807, 2.05) is 0 Å². The summed E-state index contributed by atoms with van der Waals surface area (Å²) in [5.74, 6) is 0. The van der Waals surface area contributed by atoms with Crippen molar-refractivity contribution in [3.8, 4) is 0 Å². The van der Waals surface area contributed by atoms with E-state index in [0.717, 1.165) is 5.39 Å². The maximum atomic E-state index is 10.9. The van der Waals surface area contributed by atoms with E-state index in [1.54, 1.807) is 36.4 Å². The van der Waals surface area contributed by atoms with Gasteiger partial charge in [0, 0.05) is 24.3 Å². The predicted octanol–water partition coefficient (Wildman–Crippen LogP) is 3.82. The molecule has 0 spiro atoms. The first-order valence-corrected chi connectivity index (χ1v) is 8.27. The Balaban J connectivity index is 0.000000186. The number of nitro groups is 1. The highest BCUT2D eigenvalue weighted by molar-refractivity contribution is 7.86. The third kappa shape index (κ3) is 4.57. The lowest BCUT2D eigenvalue weighted by molar-refractivity contribution is -0.384. The van der Waals surface area contributed by atoms with Crippen LogP contribution < -0.4 is 0 Å². The quantitative estimate of drug-likeness (QED) is 0.297. The molecule has 0 radical (unpaired) electrons. The average Bonchev–Trinajstić information content (AvgIpc) is 2.61. The first-order valence-electron chi connectivity index (χ1n) is 6.86. The van der Waals surface area contributed by atoms with Crippen LogP contribution in [-0.4, -0.2) is 17.9 Å². The zero-order valence-corrected chi connectivity index (χ0v) is 13.5. The zero-order valence-electron chi connectivity index (χ0n) is 12.6. The fourth-order valence-electron chi connectivity index (χ4n) is 2.05. The summed E-state index contributed by atoms with van der Waals surface area (Å²) in [6, 6.07) is 16.8. The molecule has 3 aromatic rings. The third-order valence-electron chi connectivity index (χ3n) is 3.19. The van der Waals surface area contributed by atoms with E-state index in [9.17, 15) is 23.1 Å². The van der Waals surface area contributed by atoms with Crippen LogP contribution in [0.5, 0.6) is 0 Å². The van der Waals surface area contributed by atoms with Crippen LogP contribution in [0.3, 0.4) is 0 Å². The summed E-state index contributed by atoms with van der Waals surface area (Å²) in [6.45, 7) is 0. The number of benzene rings is 3. The topological polar surface area (TPSA) is 128 Å². The lowest BCUT2D eigenvalue weighted by Gasteiger charge is -2.09. The molecule has 0 aromatic heterocycles. The van der Waals surface area contributed by atoms with Crippen LogP contribution in [0, 0.1) is 15.5 Å². The molecule has 0 fully saturated rings. The summed E-state index contributed by atoms with van der Waals surface area (Å²) in [5, 5.41) is 19.6. The molecule has 0 aliphatic carbocycles. The van der Waals surface area contributed by atoms with Crippen molar-refractivity contribution in [3.63, 3.8) is 0 Å². The largest absolute Gasteiger partial charge is 0.744 e. The minimum absolute atomic E-state index is 0.0163. The molecule has 8 nitrogen and oxygen atoms in total. The molecule has 25 heavy (non-hydrogen) atoms. The van der Waals surface area contributed by atoms with Crippen molar-refractivity contribution in [2.45, 2.75) is 4.90 Å². The SMILES string of the molecule is N#[N+]c1ccc([N+](=O)[O-])cc1.O=S(=O)([O-])c1cccc2ccccc12. The molecule has 0 bridgehead atoms. The highest BCUT2D eigenvalue weighted by Gasteiger charge is 2.08. The van der Waals surface area contributed by atoms with Crippen LogP contribution in [0.25, 0.3) is 15.7 Å². The monoisotopic (exact) mass is 357 g/mol. The standard InChI is InChI=1S/C10H8O3S.C6H4N3O2/c11-14(12,13)10-7-3-5-8-4-1-2-6-9(8)10;7-8-5-1-3-6(4-2-5)9(10)11/h1-7H,(H,11,12,13);1-4H/q;+1/p-1. The molecule has 0 unspecified atom stereocenters. The predicted molar refractivity (Wildman–Crippen MR) is 89.8 cm³/mol. The van der Waals surface area contributed by atoms with Gasteiger partial charge < -0.3 is 4.55 Å². The average molecular weight is 357 g/mol. The minimum Gasteiger partial charge on any atom is -0.744 e. The van der Waals surface area contributed by atoms with Crippen molar-refractivity contribution in [3.05, 3.63) is 81.8 Å². The lowest BCUT2D eigenvalue weighted by atomic mass is 10.1. The Morgan fingerprint density at radius 1 is 0.920 bits per heavy atom. The summed E-state index contributed by atoms with van der Waals surface area (Å²) < 4.78 is 32.7. The molecule has 3 rings (SSSR count). The first kappa shape index (κ1) is 18.0. The Morgan fingerprint density at radius 2 is 1.52 bits per heavy atom. The van der Waals surface area contributed by atoms with Crippen LogP contribution in [0.1, 0.15) is 0 Å². The van der Waals surface area contributed by atoms with Crippen molar-refractivity contribution in [1.29, 1.82) is 5.39 Å². The maximum Gasteiger partial charge on any atom is 0.385 e. The van der Waals surface area contributed by atoms with Crippen molar-refractivity contribution < 1.29 is 17.9 Å². The highest BCUT2D eigenvalue weighted by atomic mass is 32.2. The molecular weight excluding hydrogens is 346 g/mol. The van der Waals surface area contributed by atoms with Gasteiger partial charge >= 0.3 is 5.69 Å². The number of nitro benzene ring substituents is 1. The second kappa shape index (κ2) is 7.48. The van der Waals surface area contributed by atoms with Gasteiger partial charge in [-0.25, -0.2) is 8.42 Å². The third-order valence-corrected chi connectivity index (χ3v) is 4.09. The number of non-ortho nitro benzene ring substituents is 1. The maximum absolute atomic E-state index is 10.9. The number of hydrogen-bond acceptors (Lipinski definition) is 6. The van der Waals surface area contributed by atoms with Gasteiger partial charge in [0.1, 0.15) is 10.1 Å². The molecule has 126 valence electrons. The fourth-order valence-corrected chi connectivity index (χ4v) is 2.76.